The van der Waals surface area contributed by atoms with Gasteiger partial charge in [0.2, 0.25) is 0 Å². The quantitative estimate of drug-likeness (QED) is 0.808. The summed E-state index contributed by atoms with van der Waals surface area (Å²) in [6.07, 6.45) is -0.146. The van der Waals surface area contributed by atoms with Gasteiger partial charge in [-0.15, -0.1) is 0 Å². The SMILES string of the molecule is COc1c(F)cc(CC(N)C(=O)O)cc1F. The first kappa shape index (κ1) is 12.4. The molecule has 0 spiro atoms. The summed E-state index contributed by atoms with van der Waals surface area (Å²) in [7, 11) is 1.14. The molecular formula is C10H11F2NO3. The lowest BCUT2D eigenvalue weighted by molar-refractivity contribution is -0.138. The highest BCUT2D eigenvalue weighted by molar-refractivity contribution is 5.73. The normalized spacial score (nSPS) is 12.2. The highest BCUT2D eigenvalue weighted by Gasteiger charge is 2.16. The van der Waals surface area contributed by atoms with Gasteiger partial charge in [0.1, 0.15) is 6.04 Å². The first-order chi connectivity index (χ1) is 7.45. The Morgan fingerprint density at radius 2 is 2.00 bits per heavy atom. The Bertz CT molecular complexity index is 386. The second-order valence-electron chi connectivity index (χ2n) is 3.24. The van der Waals surface area contributed by atoms with E-state index in [2.05, 4.69) is 4.74 Å². The van der Waals surface area contributed by atoms with Crippen LogP contribution in [0, 0.1) is 11.6 Å². The van der Waals surface area contributed by atoms with Crippen LogP contribution in [-0.4, -0.2) is 24.2 Å². The molecule has 16 heavy (non-hydrogen) atoms. The number of hydrogen-bond acceptors (Lipinski definition) is 3. The topological polar surface area (TPSA) is 72.5 Å². The Morgan fingerprint density at radius 3 is 2.38 bits per heavy atom. The van der Waals surface area contributed by atoms with E-state index >= 15 is 0 Å². The molecule has 1 unspecified atom stereocenters. The van der Waals surface area contributed by atoms with Gasteiger partial charge in [0.15, 0.2) is 17.4 Å². The largest absolute Gasteiger partial charge is 0.491 e. The third-order valence-corrected chi connectivity index (χ3v) is 2.04. The van der Waals surface area contributed by atoms with Gasteiger partial charge in [-0.2, -0.15) is 0 Å². The van der Waals surface area contributed by atoms with Gasteiger partial charge in [-0.05, 0) is 24.1 Å². The molecule has 0 aliphatic carbocycles. The molecular weight excluding hydrogens is 220 g/mol. The summed E-state index contributed by atoms with van der Waals surface area (Å²) in [6, 6.07) is 0.822. The van der Waals surface area contributed by atoms with Crippen LogP contribution < -0.4 is 10.5 Å². The molecule has 6 heteroatoms. The third kappa shape index (κ3) is 2.66. The molecule has 3 N–H and O–H groups in total. The fraction of sp³-hybridized carbons (Fsp3) is 0.300. The molecule has 0 fully saturated rings. The number of ether oxygens (including phenoxy) is 1. The molecule has 0 amide bonds. The van der Waals surface area contributed by atoms with Crippen molar-refractivity contribution in [2.75, 3.05) is 7.11 Å². The van der Waals surface area contributed by atoms with E-state index in [1.54, 1.807) is 0 Å². The summed E-state index contributed by atoms with van der Waals surface area (Å²) in [5.41, 5.74) is 5.42. The Morgan fingerprint density at radius 1 is 1.50 bits per heavy atom. The summed E-state index contributed by atoms with van der Waals surface area (Å²) >= 11 is 0. The van der Waals surface area contributed by atoms with Gasteiger partial charge in [-0.3, -0.25) is 4.79 Å². The van der Waals surface area contributed by atoms with Crippen LogP contribution in [0.4, 0.5) is 8.78 Å². The monoisotopic (exact) mass is 231 g/mol. The van der Waals surface area contributed by atoms with Crippen molar-refractivity contribution in [1.29, 1.82) is 0 Å². The number of methoxy groups -OCH3 is 1. The molecule has 0 bridgehead atoms. The van der Waals surface area contributed by atoms with Crippen LogP contribution in [-0.2, 0) is 11.2 Å². The van der Waals surface area contributed by atoms with Gasteiger partial charge in [-0.25, -0.2) is 8.78 Å². The first-order valence-corrected chi connectivity index (χ1v) is 4.46. The van der Waals surface area contributed by atoms with Gasteiger partial charge in [0, 0.05) is 0 Å². The van der Waals surface area contributed by atoms with E-state index in [4.69, 9.17) is 10.8 Å². The van der Waals surface area contributed by atoms with Crippen molar-refractivity contribution in [2.45, 2.75) is 12.5 Å². The second kappa shape index (κ2) is 4.89. The molecule has 0 heterocycles. The minimum atomic E-state index is -1.23. The Kier molecular flexibility index (Phi) is 3.78. The van der Waals surface area contributed by atoms with Crippen molar-refractivity contribution in [1.82, 2.24) is 0 Å². The van der Waals surface area contributed by atoms with Crippen molar-refractivity contribution in [2.24, 2.45) is 5.73 Å². The highest BCUT2D eigenvalue weighted by Crippen LogP contribution is 2.23. The summed E-state index contributed by atoms with van der Waals surface area (Å²) in [4.78, 5) is 10.5. The van der Waals surface area contributed by atoms with Crippen LogP contribution in [0.2, 0.25) is 0 Å². The Labute approximate surface area is 90.6 Å². The molecule has 1 aromatic rings. The number of nitrogens with two attached hydrogens (primary N) is 1. The van der Waals surface area contributed by atoms with E-state index in [9.17, 15) is 13.6 Å². The molecule has 88 valence electrons. The number of rotatable bonds is 4. The number of carbonyl (C=O) groups is 1. The minimum absolute atomic E-state index is 0.146. The zero-order valence-corrected chi connectivity index (χ0v) is 8.54. The average Bonchev–Trinajstić information content (AvgIpc) is 2.16. The standard InChI is InChI=1S/C10H11F2NO3/c1-16-9-6(11)2-5(3-7(9)12)4-8(13)10(14)15/h2-3,8H,4,13H2,1H3,(H,14,15). The van der Waals surface area contributed by atoms with Crippen LogP contribution in [0.25, 0.3) is 0 Å². The van der Waals surface area contributed by atoms with Gasteiger partial charge >= 0.3 is 5.97 Å². The molecule has 0 radical (unpaired) electrons. The number of aliphatic carboxylic acids is 1. The lowest BCUT2D eigenvalue weighted by Crippen LogP contribution is -2.32. The molecule has 0 aliphatic rings. The maximum absolute atomic E-state index is 13.2. The molecule has 1 rings (SSSR count). The van der Waals surface area contributed by atoms with Crippen molar-refractivity contribution < 1.29 is 23.4 Å². The third-order valence-electron chi connectivity index (χ3n) is 2.04. The fourth-order valence-electron chi connectivity index (χ4n) is 1.27. The van der Waals surface area contributed by atoms with Gasteiger partial charge < -0.3 is 15.6 Å². The maximum atomic E-state index is 13.2. The number of carboxylic acid groups (broad SMARTS) is 1. The van der Waals surface area contributed by atoms with Gasteiger partial charge in [0.05, 0.1) is 7.11 Å². The summed E-state index contributed by atoms with van der Waals surface area (Å²) < 4.78 is 30.9. The zero-order valence-electron chi connectivity index (χ0n) is 8.54. The number of hydrogen-bond donors (Lipinski definition) is 2. The molecule has 0 aliphatic heterocycles. The highest BCUT2D eigenvalue weighted by atomic mass is 19.1. The number of benzene rings is 1. The summed E-state index contributed by atoms with van der Waals surface area (Å²) in [6.45, 7) is 0. The van der Waals surface area contributed by atoms with Crippen LogP contribution in [0.5, 0.6) is 5.75 Å². The smallest absolute Gasteiger partial charge is 0.320 e. The van der Waals surface area contributed by atoms with Gasteiger partial charge in [-0.1, -0.05) is 0 Å². The van der Waals surface area contributed by atoms with E-state index in [1.165, 1.54) is 0 Å². The lowest BCUT2D eigenvalue weighted by atomic mass is 10.1. The van der Waals surface area contributed by atoms with Crippen LogP contribution in [0.15, 0.2) is 12.1 Å². The van der Waals surface area contributed by atoms with Crippen LogP contribution >= 0.6 is 0 Å². The summed E-state index contributed by atoms with van der Waals surface area (Å²) in [5.74, 6) is -3.48. The maximum Gasteiger partial charge on any atom is 0.320 e. The molecule has 4 nitrogen and oxygen atoms in total. The van der Waals surface area contributed by atoms with E-state index in [0.29, 0.717) is 0 Å². The van der Waals surface area contributed by atoms with Crippen molar-refractivity contribution in [3.63, 3.8) is 0 Å². The van der Waals surface area contributed by atoms with E-state index in [1.807, 2.05) is 0 Å². The Balaban J connectivity index is 2.96. The predicted molar refractivity (Wildman–Crippen MR) is 52.2 cm³/mol. The number of carboxylic acids is 1. The average molecular weight is 231 g/mol. The van der Waals surface area contributed by atoms with Crippen LogP contribution in [0.3, 0.4) is 0 Å². The lowest BCUT2D eigenvalue weighted by Gasteiger charge is -2.09. The molecule has 0 saturated carbocycles. The van der Waals surface area contributed by atoms with E-state index < -0.39 is 29.4 Å². The molecule has 1 aromatic carbocycles. The van der Waals surface area contributed by atoms with Crippen molar-refractivity contribution in [3.05, 3.63) is 29.3 Å². The first-order valence-electron chi connectivity index (χ1n) is 4.46. The van der Waals surface area contributed by atoms with E-state index in [0.717, 1.165) is 19.2 Å². The van der Waals surface area contributed by atoms with E-state index in [-0.39, 0.29) is 12.0 Å². The predicted octanol–water partition coefficient (Wildman–Crippen LogP) is 0.928. The van der Waals surface area contributed by atoms with Crippen LogP contribution in [0.1, 0.15) is 5.56 Å². The Hall–Kier alpha value is -1.69. The minimum Gasteiger partial charge on any atom is -0.491 e. The van der Waals surface area contributed by atoms with Crippen molar-refractivity contribution in [3.8, 4) is 5.75 Å². The molecule has 1 atom stereocenters. The van der Waals surface area contributed by atoms with Gasteiger partial charge in [0.25, 0.3) is 0 Å². The number of halogens is 2. The fourth-order valence-corrected chi connectivity index (χ4v) is 1.27. The summed E-state index contributed by atoms with van der Waals surface area (Å²) in [5, 5.41) is 8.55. The van der Waals surface area contributed by atoms with Crippen molar-refractivity contribution >= 4 is 5.97 Å². The molecule has 0 saturated heterocycles. The zero-order chi connectivity index (χ0) is 12.3. The second-order valence-corrected chi connectivity index (χ2v) is 3.24. The molecule has 0 aromatic heterocycles.